The zero-order valence-corrected chi connectivity index (χ0v) is 15.4. The Morgan fingerprint density at radius 1 is 1.33 bits per heavy atom. The number of carbonyl (C=O) groups excluding carboxylic acids is 2. The Morgan fingerprint density at radius 3 is 2.74 bits per heavy atom. The molecule has 1 heterocycles. The first-order valence-electron chi connectivity index (χ1n) is 9.43. The lowest BCUT2D eigenvalue weighted by atomic mass is 9.42. The first-order valence-corrected chi connectivity index (χ1v) is 9.43. The molecule has 1 aliphatic heterocycles. The number of aryl methyl sites for hydroxylation is 1. The predicted octanol–water partition coefficient (Wildman–Crippen LogP) is 2.38. The third kappa shape index (κ3) is 3.28. The molecule has 5 nitrogen and oxygen atoms in total. The van der Waals surface area contributed by atoms with Gasteiger partial charge in [-0.25, -0.2) is 8.78 Å². The molecule has 0 spiro atoms. The van der Waals surface area contributed by atoms with Crippen molar-refractivity contribution in [2.24, 2.45) is 5.41 Å². The van der Waals surface area contributed by atoms with Crippen LogP contribution in [-0.4, -0.2) is 48.6 Å². The van der Waals surface area contributed by atoms with Crippen LogP contribution in [0.25, 0.3) is 0 Å². The lowest BCUT2D eigenvalue weighted by Crippen LogP contribution is -2.70. The van der Waals surface area contributed by atoms with Crippen molar-refractivity contribution in [3.63, 3.8) is 0 Å². The lowest BCUT2D eigenvalue weighted by Gasteiger charge is -2.64. The van der Waals surface area contributed by atoms with Gasteiger partial charge in [0, 0.05) is 25.6 Å². The molecule has 1 saturated heterocycles. The summed E-state index contributed by atoms with van der Waals surface area (Å²) in [4.78, 5) is 26.5. The number of rotatable bonds is 6. The number of likely N-dealkylation sites (tertiary alicyclic amines) is 1. The van der Waals surface area contributed by atoms with E-state index in [1.165, 1.54) is 13.2 Å². The van der Waals surface area contributed by atoms with Gasteiger partial charge in [0.15, 0.2) is 11.6 Å². The summed E-state index contributed by atoms with van der Waals surface area (Å²) in [7, 11) is 1.41. The van der Waals surface area contributed by atoms with E-state index in [0.717, 1.165) is 12.0 Å². The SMILES string of the molecule is COc1cc(CCC(=O)N2CCC(NC(=O)C34CC(F)(C3)C4)C2)ccc1F. The first kappa shape index (κ1) is 18.2. The van der Waals surface area contributed by atoms with E-state index in [1.54, 1.807) is 17.0 Å². The van der Waals surface area contributed by atoms with Gasteiger partial charge in [0.05, 0.1) is 12.5 Å². The lowest BCUT2D eigenvalue weighted by molar-refractivity contribution is -0.214. The zero-order valence-electron chi connectivity index (χ0n) is 15.4. The van der Waals surface area contributed by atoms with Crippen LogP contribution in [0.3, 0.4) is 0 Å². The maximum absolute atomic E-state index is 13.6. The van der Waals surface area contributed by atoms with Crippen LogP contribution in [0.5, 0.6) is 5.75 Å². The molecule has 1 N–H and O–H groups in total. The number of hydrogen-bond donors (Lipinski definition) is 1. The average molecular weight is 378 g/mol. The number of halogens is 2. The molecular formula is C20H24F2N2O3. The predicted molar refractivity (Wildman–Crippen MR) is 94.5 cm³/mol. The van der Waals surface area contributed by atoms with Gasteiger partial charge in [0.25, 0.3) is 0 Å². The third-order valence-electron chi connectivity index (χ3n) is 6.17. The number of carbonyl (C=O) groups is 2. The molecule has 3 saturated carbocycles. The van der Waals surface area contributed by atoms with Crippen molar-refractivity contribution in [1.82, 2.24) is 10.2 Å². The second-order valence-electron chi connectivity index (χ2n) is 8.23. The van der Waals surface area contributed by atoms with Gasteiger partial charge in [-0.05, 0) is 49.8 Å². The average Bonchev–Trinajstić information content (AvgIpc) is 3.05. The second-order valence-corrected chi connectivity index (χ2v) is 8.23. The number of alkyl halides is 1. The number of ether oxygens (including phenoxy) is 1. The molecule has 27 heavy (non-hydrogen) atoms. The van der Waals surface area contributed by atoms with Crippen molar-refractivity contribution in [3.8, 4) is 5.75 Å². The molecule has 1 atom stereocenters. The van der Waals surface area contributed by atoms with Crippen molar-refractivity contribution in [1.29, 1.82) is 0 Å². The quantitative estimate of drug-likeness (QED) is 0.827. The van der Waals surface area contributed by atoms with Crippen LogP contribution in [0.4, 0.5) is 8.78 Å². The summed E-state index contributed by atoms with van der Waals surface area (Å²) in [6.45, 7) is 1.10. The van der Waals surface area contributed by atoms with Crippen LogP contribution < -0.4 is 10.1 Å². The number of nitrogens with zero attached hydrogens (tertiary/aromatic N) is 1. The molecule has 7 heteroatoms. The van der Waals surface area contributed by atoms with Crippen molar-refractivity contribution >= 4 is 11.8 Å². The van der Waals surface area contributed by atoms with Gasteiger partial charge in [0.1, 0.15) is 5.67 Å². The molecule has 1 unspecified atom stereocenters. The van der Waals surface area contributed by atoms with Crippen LogP contribution in [-0.2, 0) is 16.0 Å². The highest BCUT2D eigenvalue weighted by molar-refractivity contribution is 5.87. The molecule has 3 aliphatic carbocycles. The molecule has 2 bridgehead atoms. The summed E-state index contributed by atoms with van der Waals surface area (Å²) in [5.74, 6) is -0.288. The van der Waals surface area contributed by atoms with E-state index in [1.807, 2.05) is 0 Å². The summed E-state index contributed by atoms with van der Waals surface area (Å²) in [5.41, 5.74) is -0.722. The van der Waals surface area contributed by atoms with Crippen molar-refractivity contribution in [3.05, 3.63) is 29.6 Å². The molecule has 1 aromatic rings. The largest absolute Gasteiger partial charge is 0.494 e. The topological polar surface area (TPSA) is 58.6 Å². The van der Waals surface area contributed by atoms with Crippen LogP contribution >= 0.6 is 0 Å². The normalized spacial score (nSPS) is 31.1. The minimum atomic E-state index is -1.09. The summed E-state index contributed by atoms with van der Waals surface area (Å²) < 4.78 is 32.0. The Morgan fingerprint density at radius 2 is 2.07 bits per heavy atom. The Hall–Kier alpha value is -2.18. The fourth-order valence-electron chi connectivity index (χ4n) is 4.62. The maximum atomic E-state index is 13.6. The molecule has 0 radical (unpaired) electrons. The Labute approximate surface area is 157 Å². The first-order chi connectivity index (χ1) is 12.8. The van der Waals surface area contributed by atoms with E-state index in [0.29, 0.717) is 45.2 Å². The molecule has 5 rings (SSSR count). The van der Waals surface area contributed by atoms with Gasteiger partial charge in [-0.2, -0.15) is 0 Å². The maximum Gasteiger partial charge on any atom is 0.226 e. The van der Waals surface area contributed by atoms with Gasteiger partial charge in [-0.15, -0.1) is 0 Å². The highest BCUT2D eigenvalue weighted by Crippen LogP contribution is 2.69. The van der Waals surface area contributed by atoms with Crippen LogP contribution in [0.2, 0.25) is 0 Å². The zero-order chi connectivity index (χ0) is 19.2. The molecule has 2 amide bonds. The van der Waals surface area contributed by atoms with Crippen LogP contribution in [0.1, 0.15) is 37.7 Å². The van der Waals surface area contributed by atoms with E-state index in [-0.39, 0.29) is 23.6 Å². The fraction of sp³-hybridized carbons (Fsp3) is 0.600. The summed E-state index contributed by atoms with van der Waals surface area (Å²) in [6, 6.07) is 4.54. The third-order valence-corrected chi connectivity index (χ3v) is 6.17. The molecule has 1 aromatic carbocycles. The van der Waals surface area contributed by atoms with Gasteiger partial charge < -0.3 is 15.0 Å². The summed E-state index contributed by atoms with van der Waals surface area (Å²) in [6.07, 6.45) is 2.60. The monoisotopic (exact) mass is 378 g/mol. The van der Waals surface area contributed by atoms with Crippen molar-refractivity contribution < 1.29 is 23.1 Å². The van der Waals surface area contributed by atoms with E-state index in [2.05, 4.69) is 5.32 Å². The van der Waals surface area contributed by atoms with Crippen molar-refractivity contribution in [2.45, 2.75) is 50.2 Å². The van der Waals surface area contributed by atoms with E-state index in [4.69, 9.17) is 4.74 Å². The Bertz CT molecular complexity index is 763. The number of benzene rings is 1. The number of hydrogen-bond acceptors (Lipinski definition) is 3. The molecule has 4 aliphatic rings. The summed E-state index contributed by atoms with van der Waals surface area (Å²) >= 11 is 0. The number of amides is 2. The standard InChI is InChI=1S/C20H24F2N2O3/c1-27-16-8-13(2-4-15(16)21)3-5-17(25)24-7-6-14(9-24)23-18(26)19-10-20(22,11-19)12-19/h2,4,8,14H,3,5-7,9-12H2,1H3,(H,23,26). The minimum absolute atomic E-state index is 0.0169. The van der Waals surface area contributed by atoms with Gasteiger partial charge in [-0.1, -0.05) is 6.07 Å². The Kier molecular flexibility index (Phi) is 4.35. The highest BCUT2D eigenvalue weighted by atomic mass is 19.1. The molecule has 4 fully saturated rings. The molecule has 146 valence electrons. The molecule has 0 aromatic heterocycles. The minimum Gasteiger partial charge on any atom is -0.494 e. The van der Waals surface area contributed by atoms with Gasteiger partial charge >= 0.3 is 0 Å². The van der Waals surface area contributed by atoms with Gasteiger partial charge in [0.2, 0.25) is 11.8 Å². The second kappa shape index (κ2) is 6.46. The Balaban J connectivity index is 1.24. The van der Waals surface area contributed by atoms with Gasteiger partial charge in [-0.3, -0.25) is 9.59 Å². The van der Waals surface area contributed by atoms with E-state index >= 15 is 0 Å². The fourth-order valence-corrected chi connectivity index (χ4v) is 4.62. The van der Waals surface area contributed by atoms with Crippen LogP contribution in [0, 0.1) is 11.2 Å². The smallest absolute Gasteiger partial charge is 0.226 e. The number of nitrogens with one attached hydrogen (secondary N) is 1. The summed E-state index contributed by atoms with van der Waals surface area (Å²) in [5, 5.41) is 3.00. The van der Waals surface area contributed by atoms with Crippen molar-refractivity contribution in [2.75, 3.05) is 20.2 Å². The molecular weight excluding hydrogens is 354 g/mol. The highest BCUT2D eigenvalue weighted by Gasteiger charge is 2.72. The van der Waals surface area contributed by atoms with E-state index < -0.39 is 16.9 Å². The van der Waals surface area contributed by atoms with E-state index in [9.17, 15) is 18.4 Å². The van der Waals surface area contributed by atoms with Crippen LogP contribution in [0.15, 0.2) is 18.2 Å². The number of methoxy groups -OCH3 is 1.